The Morgan fingerprint density at radius 3 is 2.64 bits per heavy atom. The lowest BCUT2D eigenvalue weighted by Gasteiger charge is -2.43. The summed E-state index contributed by atoms with van der Waals surface area (Å²) >= 11 is 6.71. The summed E-state index contributed by atoms with van der Waals surface area (Å²) in [6.07, 6.45) is 1.50. The molecule has 0 radical (unpaired) electrons. The summed E-state index contributed by atoms with van der Waals surface area (Å²) in [6, 6.07) is 18.0. The van der Waals surface area contributed by atoms with Gasteiger partial charge in [0.2, 0.25) is 5.91 Å². The van der Waals surface area contributed by atoms with Crippen LogP contribution in [0.3, 0.4) is 0 Å². The van der Waals surface area contributed by atoms with Crippen molar-refractivity contribution in [3.63, 3.8) is 0 Å². The Hall–Kier alpha value is -3.68. The van der Waals surface area contributed by atoms with Crippen molar-refractivity contribution in [1.82, 2.24) is 4.90 Å². The molecule has 7 nitrogen and oxygen atoms in total. The zero-order valence-corrected chi connectivity index (χ0v) is 22.5. The first kappa shape index (κ1) is 24.4. The number of anilines is 2. The monoisotopic (exact) mass is 541 g/mol. The fraction of sp³-hybridized carbons (Fsp3) is 0.323. The number of para-hydroxylation sites is 2. The van der Waals surface area contributed by atoms with E-state index in [2.05, 4.69) is 15.5 Å². The Morgan fingerprint density at radius 1 is 1.05 bits per heavy atom. The fourth-order valence-electron chi connectivity index (χ4n) is 7.89. The Balaban J connectivity index is 1.59. The molecule has 0 unspecified atom stereocenters. The normalized spacial score (nSPS) is 28.4. The highest BCUT2D eigenvalue weighted by Crippen LogP contribution is 2.68. The standard InChI is InChI=1S/C31H28ClN3O4/c1-3-39-24-13-7-4-9-18(24)27(36)25-23-12-8-14-35(23)31(20-15-17(2)16-21(32)26(20)34-29(31)38)30(25)19-10-5-6-11-22(19)33-28(30)37/h4-7,9-11,13,15-16,23,25H,3,8,12,14H2,1-2H3,(H,33,37)(H,34,38)/t23-,25-,30+,31-/m1/s1. The van der Waals surface area contributed by atoms with E-state index in [9.17, 15) is 14.4 Å². The number of halogens is 1. The summed E-state index contributed by atoms with van der Waals surface area (Å²) in [4.78, 5) is 46.1. The number of benzene rings is 3. The number of fused-ring (bicyclic) bond motifs is 7. The van der Waals surface area contributed by atoms with Gasteiger partial charge in [0, 0.05) is 17.3 Å². The average molecular weight is 542 g/mol. The van der Waals surface area contributed by atoms with E-state index in [1.807, 2.05) is 62.4 Å². The molecule has 198 valence electrons. The molecule has 2 amide bonds. The average Bonchev–Trinajstić information content (AvgIpc) is 3.64. The van der Waals surface area contributed by atoms with Gasteiger partial charge in [-0.25, -0.2) is 0 Å². The van der Waals surface area contributed by atoms with E-state index >= 15 is 0 Å². The first-order chi connectivity index (χ1) is 18.9. The molecular formula is C31H28ClN3O4. The summed E-state index contributed by atoms with van der Waals surface area (Å²) in [5, 5.41) is 6.53. The number of ether oxygens (including phenoxy) is 1. The van der Waals surface area contributed by atoms with Gasteiger partial charge < -0.3 is 15.4 Å². The Kier molecular flexibility index (Phi) is 5.25. The van der Waals surface area contributed by atoms with Crippen molar-refractivity contribution in [1.29, 1.82) is 0 Å². The number of carbonyl (C=O) groups is 3. The van der Waals surface area contributed by atoms with Crippen LogP contribution in [0.4, 0.5) is 11.4 Å². The van der Waals surface area contributed by atoms with Gasteiger partial charge in [-0.3, -0.25) is 19.3 Å². The zero-order chi connectivity index (χ0) is 27.1. The lowest BCUT2D eigenvalue weighted by molar-refractivity contribution is -0.137. The van der Waals surface area contributed by atoms with Gasteiger partial charge in [-0.15, -0.1) is 0 Å². The summed E-state index contributed by atoms with van der Waals surface area (Å²) in [6.45, 7) is 4.78. The van der Waals surface area contributed by atoms with Crippen molar-refractivity contribution < 1.29 is 19.1 Å². The van der Waals surface area contributed by atoms with Gasteiger partial charge in [0.1, 0.15) is 16.7 Å². The number of aryl methyl sites for hydroxylation is 1. The number of ketones is 1. The number of carbonyl (C=O) groups excluding carboxylic acids is 3. The SMILES string of the molecule is CCOc1ccccc1C(=O)[C@H]1[C@H]2CCCN2[C@]2(C(=O)Nc3c(Cl)cc(C)cc32)[C@]12C(=O)Nc1ccccc12. The molecule has 0 aliphatic carbocycles. The van der Waals surface area contributed by atoms with Gasteiger partial charge in [-0.1, -0.05) is 48.0 Å². The number of rotatable bonds is 4. The quantitative estimate of drug-likeness (QED) is 0.451. The van der Waals surface area contributed by atoms with Crippen LogP contribution in [0.2, 0.25) is 5.02 Å². The number of nitrogens with one attached hydrogen (secondary N) is 2. The summed E-state index contributed by atoms with van der Waals surface area (Å²) < 4.78 is 5.87. The maximum absolute atomic E-state index is 14.8. The zero-order valence-electron chi connectivity index (χ0n) is 21.7. The molecule has 2 N–H and O–H groups in total. The molecule has 2 spiro atoms. The number of Topliss-reactive ketones (excluding diaryl/α,β-unsaturated/α-hetero) is 1. The van der Waals surface area contributed by atoms with Crippen LogP contribution >= 0.6 is 11.6 Å². The minimum atomic E-state index is -1.52. The third-order valence-electron chi connectivity index (χ3n) is 9.04. The second-order valence-electron chi connectivity index (χ2n) is 10.8. The van der Waals surface area contributed by atoms with Gasteiger partial charge in [-0.2, -0.15) is 0 Å². The van der Waals surface area contributed by atoms with Crippen molar-refractivity contribution in [3.8, 4) is 5.75 Å². The Labute approximate surface area is 231 Å². The van der Waals surface area contributed by atoms with Crippen LogP contribution in [0.15, 0.2) is 60.7 Å². The molecule has 0 saturated carbocycles. The van der Waals surface area contributed by atoms with Crippen LogP contribution in [0.1, 0.15) is 46.8 Å². The highest BCUT2D eigenvalue weighted by Gasteiger charge is 2.81. The van der Waals surface area contributed by atoms with Gasteiger partial charge in [-0.05, 0) is 68.6 Å². The molecule has 0 aromatic heterocycles. The van der Waals surface area contributed by atoms with Gasteiger partial charge in [0.05, 0.1) is 28.8 Å². The molecule has 4 aliphatic rings. The molecule has 4 atom stereocenters. The van der Waals surface area contributed by atoms with Crippen LogP contribution in [-0.4, -0.2) is 41.7 Å². The maximum atomic E-state index is 14.8. The third kappa shape index (κ3) is 2.84. The molecule has 0 bridgehead atoms. The summed E-state index contributed by atoms with van der Waals surface area (Å²) in [5.74, 6) is -1.21. The third-order valence-corrected chi connectivity index (χ3v) is 9.33. The molecule has 2 fully saturated rings. The Morgan fingerprint density at radius 2 is 1.82 bits per heavy atom. The molecule has 7 rings (SSSR count). The van der Waals surface area contributed by atoms with Gasteiger partial charge in [0.25, 0.3) is 5.91 Å². The van der Waals surface area contributed by atoms with E-state index in [1.165, 1.54) is 0 Å². The number of nitrogens with zero attached hydrogens (tertiary/aromatic N) is 1. The number of hydrogen-bond acceptors (Lipinski definition) is 5. The molecular weight excluding hydrogens is 514 g/mol. The van der Waals surface area contributed by atoms with E-state index < -0.39 is 16.9 Å². The van der Waals surface area contributed by atoms with Crippen LogP contribution < -0.4 is 15.4 Å². The largest absolute Gasteiger partial charge is 0.493 e. The van der Waals surface area contributed by atoms with E-state index in [0.717, 1.165) is 12.0 Å². The van der Waals surface area contributed by atoms with Crippen molar-refractivity contribution >= 4 is 40.6 Å². The number of amides is 2. The van der Waals surface area contributed by atoms with Crippen LogP contribution in [0, 0.1) is 12.8 Å². The van der Waals surface area contributed by atoms with Crippen LogP contribution in [0.5, 0.6) is 5.75 Å². The highest BCUT2D eigenvalue weighted by atomic mass is 35.5. The lowest BCUT2D eigenvalue weighted by atomic mass is 9.57. The second kappa shape index (κ2) is 8.41. The summed E-state index contributed by atoms with van der Waals surface area (Å²) in [7, 11) is 0. The van der Waals surface area contributed by atoms with E-state index in [1.54, 1.807) is 12.1 Å². The van der Waals surface area contributed by atoms with Crippen LogP contribution in [0.25, 0.3) is 0 Å². The fourth-order valence-corrected chi connectivity index (χ4v) is 8.21. The minimum absolute atomic E-state index is 0.195. The van der Waals surface area contributed by atoms with Crippen molar-refractivity contribution in [2.45, 2.75) is 43.7 Å². The molecule has 3 aromatic carbocycles. The molecule has 3 aromatic rings. The molecule has 4 heterocycles. The second-order valence-corrected chi connectivity index (χ2v) is 11.2. The minimum Gasteiger partial charge on any atom is -0.493 e. The number of hydrogen-bond donors (Lipinski definition) is 2. The molecule has 8 heteroatoms. The summed E-state index contributed by atoms with van der Waals surface area (Å²) in [5.41, 5.74) is 0.793. The van der Waals surface area contributed by atoms with Crippen molar-refractivity contribution in [2.24, 2.45) is 5.92 Å². The van der Waals surface area contributed by atoms with Gasteiger partial charge in [0.15, 0.2) is 5.78 Å². The maximum Gasteiger partial charge on any atom is 0.251 e. The predicted molar refractivity (Wildman–Crippen MR) is 148 cm³/mol. The first-order valence-electron chi connectivity index (χ1n) is 13.4. The highest BCUT2D eigenvalue weighted by molar-refractivity contribution is 6.35. The first-order valence-corrected chi connectivity index (χ1v) is 13.8. The Bertz CT molecular complexity index is 1590. The topological polar surface area (TPSA) is 87.7 Å². The molecule has 4 aliphatic heterocycles. The van der Waals surface area contributed by atoms with E-state index in [0.29, 0.717) is 58.4 Å². The molecule has 39 heavy (non-hydrogen) atoms. The lowest BCUT2D eigenvalue weighted by Crippen LogP contribution is -2.62. The van der Waals surface area contributed by atoms with Crippen molar-refractivity contribution in [3.05, 3.63) is 87.9 Å². The molecule has 2 saturated heterocycles. The van der Waals surface area contributed by atoms with E-state index in [-0.39, 0.29) is 23.6 Å². The van der Waals surface area contributed by atoms with E-state index in [4.69, 9.17) is 16.3 Å². The predicted octanol–water partition coefficient (Wildman–Crippen LogP) is 5.06. The van der Waals surface area contributed by atoms with Crippen molar-refractivity contribution in [2.75, 3.05) is 23.8 Å². The van der Waals surface area contributed by atoms with Crippen LogP contribution in [-0.2, 0) is 20.5 Å². The smallest absolute Gasteiger partial charge is 0.251 e. The van der Waals surface area contributed by atoms with Gasteiger partial charge >= 0.3 is 0 Å².